The van der Waals surface area contributed by atoms with Gasteiger partial charge in [-0.1, -0.05) is 6.07 Å². The minimum atomic E-state index is 0.325. The molecule has 0 aliphatic carbocycles. The molecule has 2 aromatic heterocycles. The number of amides is 1. The molecular weight excluding hydrogens is 292 g/mol. The first-order chi connectivity index (χ1) is 10.8. The van der Waals surface area contributed by atoms with Crippen molar-refractivity contribution in [3.63, 3.8) is 0 Å². The van der Waals surface area contributed by atoms with Gasteiger partial charge in [0.05, 0.1) is 0 Å². The summed E-state index contributed by atoms with van der Waals surface area (Å²) in [5.41, 5.74) is 1.31. The van der Waals surface area contributed by atoms with Crippen molar-refractivity contribution in [3.05, 3.63) is 52.5 Å². The zero-order valence-electron chi connectivity index (χ0n) is 12.8. The van der Waals surface area contributed by atoms with Gasteiger partial charge in [0.1, 0.15) is 0 Å². The molecule has 0 radical (unpaired) electrons. The van der Waals surface area contributed by atoms with Crippen LogP contribution in [0.4, 0.5) is 0 Å². The van der Waals surface area contributed by atoms with Crippen LogP contribution in [0.1, 0.15) is 36.1 Å². The highest BCUT2D eigenvalue weighted by molar-refractivity contribution is 7.09. The molecule has 1 fully saturated rings. The summed E-state index contributed by atoms with van der Waals surface area (Å²) < 4.78 is 0. The highest BCUT2D eigenvalue weighted by Crippen LogP contribution is 2.23. The molecule has 0 saturated carbocycles. The molecule has 1 amide bonds. The standard InChI is InChI=1S/C18H22N2OS/c21-18(8-7-17-4-2-14-22-17)20-13-1-3-16(20)6-5-15-9-11-19-12-10-15/h2,4,9-12,14,16H,1,3,5-8,13H2/t16-/m0/s1. The van der Waals surface area contributed by atoms with Gasteiger partial charge >= 0.3 is 0 Å². The van der Waals surface area contributed by atoms with Crippen LogP contribution in [0, 0.1) is 0 Å². The molecule has 22 heavy (non-hydrogen) atoms. The van der Waals surface area contributed by atoms with Crippen LogP contribution in [0.5, 0.6) is 0 Å². The molecule has 0 bridgehead atoms. The molecule has 1 atom stereocenters. The van der Waals surface area contributed by atoms with E-state index >= 15 is 0 Å². The third-order valence-corrected chi connectivity index (χ3v) is 5.31. The Morgan fingerprint density at radius 1 is 1.27 bits per heavy atom. The number of thiophene rings is 1. The molecule has 0 N–H and O–H groups in total. The molecule has 0 aromatic carbocycles. The lowest BCUT2D eigenvalue weighted by molar-refractivity contribution is -0.132. The first-order valence-corrected chi connectivity index (χ1v) is 8.91. The van der Waals surface area contributed by atoms with Gasteiger partial charge in [0.15, 0.2) is 0 Å². The first-order valence-electron chi connectivity index (χ1n) is 8.03. The Hall–Kier alpha value is -1.68. The lowest BCUT2D eigenvalue weighted by Gasteiger charge is -2.25. The summed E-state index contributed by atoms with van der Waals surface area (Å²) >= 11 is 1.74. The number of carbonyl (C=O) groups is 1. The van der Waals surface area contributed by atoms with Gasteiger partial charge in [0.2, 0.25) is 5.91 Å². The monoisotopic (exact) mass is 314 g/mol. The van der Waals surface area contributed by atoms with Crippen molar-refractivity contribution in [1.29, 1.82) is 0 Å². The first kappa shape index (κ1) is 15.2. The number of pyridine rings is 1. The van der Waals surface area contributed by atoms with Gasteiger partial charge in [-0.05, 0) is 61.2 Å². The SMILES string of the molecule is O=C(CCc1cccs1)N1CCC[C@H]1CCc1ccncc1. The Balaban J connectivity index is 1.50. The highest BCUT2D eigenvalue weighted by Gasteiger charge is 2.27. The minimum Gasteiger partial charge on any atom is -0.340 e. The zero-order valence-corrected chi connectivity index (χ0v) is 13.6. The molecule has 1 aliphatic rings. The van der Waals surface area contributed by atoms with E-state index in [9.17, 15) is 4.79 Å². The Labute approximate surface area is 136 Å². The number of aromatic nitrogens is 1. The number of carbonyl (C=O) groups excluding carboxylic acids is 1. The van der Waals surface area contributed by atoms with Crippen LogP contribution in [-0.4, -0.2) is 28.4 Å². The van der Waals surface area contributed by atoms with Crippen molar-refractivity contribution in [2.45, 2.75) is 44.6 Å². The van der Waals surface area contributed by atoms with Gasteiger partial charge in [0, 0.05) is 36.3 Å². The van der Waals surface area contributed by atoms with Crippen LogP contribution in [-0.2, 0) is 17.6 Å². The van der Waals surface area contributed by atoms with Crippen LogP contribution >= 0.6 is 11.3 Å². The normalized spacial score (nSPS) is 17.8. The molecule has 4 heteroatoms. The van der Waals surface area contributed by atoms with Crippen molar-refractivity contribution in [3.8, 4) is 0 Å². The largest absolute Gasteiger partial charge is 0.340 e. The van der Waals surface area contributed by atoms with Crippen molar-refractivity contribution in [1.82, 2.24) is 9.88 Å². The summed E-state index contributed by atoms with van der Waals surface area (Å²) in [6, 6.07) is 8.72. The zero-order chi connectivity index (χ0) is 15.2. The second kappa shape index (κ2) is 7.54. The van der Waals surface area contributed by atoms with Gasteiger partial charge < -0.3 is 4.90 Å². The van der Waals surface area contributed by atoms with Crippen LogP contribution in [0.3, 0.4) is 0 Å². The molecule has 3 heterocycles. The lowest BCUT2D eigenvalue weighted by Crippen LogP contribution is -2.35. The Kier molecular flexibility index (Phi) is 5.22. The molecule has 1 saturated heterocycles. The van der Waals surface area contributed by atoms with Gasteiger partial charge in [-0.3, -0.25) is 9.78 Å². The Bertz CT molecular complexity index is 582. The number of rotatable bonds is 6. The third kappa shape index (κ3) is 3.95. The van der Waals surface area contributed by atoms with E-state index in [4.69, 9.17) is 0 Å². The van der Waals surface area contributed by atoms with E-state index in [0.717, 1.165) is 38.6 Å². The average Bonchev–Trinajstić information content (AvgIpc) is 3.23. The van der Waals surface area contributed by atoms with Crippen molar-refractivity contribution < 1.29 is 4.79 Å². The molecular formula is C18H22N2OS. The van der Waals surface area contributed by atoms with E-state index in [1.165, 1.54) is 10.4 Å². The summed E-state index contributed by atoms with van der Waals surface area (Å²) in [7, 11) is 0. The van der Waals surface area contributed by atoms with Crippen LogP contribution in [0.2, 0.25) is 0 Å². The van der Waals surface area contributed by atoms with Crippen molar-refractivity contribution in [2.24, 2.45) is 0 Å². The fourth-order valence-corrected chi connectivity index (χ4v) is 3.88. The van der Waals surface area contributed by atoms with E-state index in [1.807, 2.05) is 12.4 Å². The number of aryl methyl sites for hydroxylation is 2. The van der Waals surface area contributed by atoms with Crippen LogP contribution in [0.25, 0.3) is 0 Å². The number of likely N-dealkylation sites (tertiary alicyclic amines) is 1. The van der Waals surface area contributed by atoms with Gasteiger partial charge in [-0.2, -0.15) is 0 Å². The Morgan fingerprint density at radius 2 is 2.14 bits per heavy atom. The van der Waals surface area contributed by atoms with Crippen LogP contribution < -0.4 is 0 Å². The summed E-state index contributed by atoms with van der Waals surface area (Å²) in [5.74, 6) is 0.325. The lowest BCUT2D eigenvalue weighted by atomic mass is 10.0. The van der Waals surface area contributed by atoms with E-state index in [0.29, 0.717) is 18.4 Å². The van der Waals surface area contributed by atoms with Crippen molar-refractivity contribution >= 4 is 17.2 Å². The van der Waals surface area contributed by atoms with E-state index in [1.54, 1.807) is 11.3 Å². The Morgan fingerprint density at radius 3 is 2.91 bits per heavy atom. The van der Waals surface area contributed by atoms with E-state index in [2.05, 4.69) is 39.5 Å². The van der Waals surface area contributed by atoms with E-state index < -0.39 is 0 Å². The molecule has 1 aliphatic heterocycles. The third-order valence-electron chi connectivity index (χ3n) is 4.38. The second-order valence-electron chi connectivity index (χ2n) is 5.86. The fraction of sp³-hybridized carbons (Fsp3) is 0.444. The smallest absolute Gasteiger partial charge is 0.223 e. The fourth-order valence-electron chi connectivity index (χ4n) is 3.18. The van der Waals surface area contributed by atoms with Gasteiger partial charge in [0.25, 0.3) is 0 Å². The number of nitrogens with zero attached hydrogens (tertiary/aromatic N) is 2. The second-order valence-corrected chi connectivity index (χ2v) is 6.89. The maximum atomic E-state index is 12.5. The molecule has 116 valence electrons. The molecule has 0 unspecified atom stereocenters. The highest BCUT2D eigenvalue weighted by atomic mass is 32.1. The summed E-state index contributed by atoms with van der Waals surface area (Å²) in [6.45, 7) is 0.935. The summed E-state index contributed by atoms with van der Waals surface area (Å²) in [5, 5.41) is 2.08. The molecule has 0 spiro atoms. The van der Waals surface area contributed by atoms with Gasteiger partial charge in [-0.15, -0.1) is 11.3 Å². The number of hydrogen-bond acceptors (Lipinski definition) is 3. The van der Waals surface area contributed by atoms with Crippen LogP contribution in [0.15, 0.2) is 42.0 Å². The topological polar surface area (TPSA) is 33.2 Å². The summed E-state index contributed by atoms with van der Waals surface area (Å²) in [4.78, 5) is 20.0. The predicted octanol–water partition coefficient (Wildman–Crippen LogP) is 3.70. The molecule has 3 rings (SSSR count). The van der Waals surface area contributed by atoms with Crippen molar-refractivity contribution in [2.75, 3.05) is 6.54 Å². The minimum absolute atomic E-state index is 0.325. The average molecular weight is 314 g/mol. The van der Waals surface area contributed by atoms with Gasteiger partial charge in [-0.25, -0.2) is 0 Å². The van der Waals surface area contributed by atoms with E-state index in [-0.39, 0.29) is 0 Å². The molecule has 3 nitrogen and oxygen atoms in total. The predicted molar refractivity (Wildman–Crippen MR) is 89.9 cm³/mol. The quantitative estimate of drug-likeness (QED) is 0.814. The molecule has 2 aromatic rings. The number of hydrogen-bond donors (Lipinski definition) is 0. The summed E-state index contributed by atoms with van der Waals surface area (Å²) in [6.07, 6.45) is 9.59. The maximum Gasteiger partial charge on any atom is 0.223 e. The maximum absolute atomic E-state index is 12.5.